The van der Waals surface area contributed by atoms with Crippen LogP contribution in [0.5, 0.6) is 0 Å². The number of rotatable bonds is 2. The van der Waals surface area contributed by atoms with Crippen molar-refractivity contribution in [3.8, 4) is 0 Å². The van der Waals surface area contributed by atoms with E-state index in [0.29, 0.717) is 35.6 Å². The molecular formula is C12H11BrN4O3. The number of pyridine rings is 1. The molecule has 0 N–H and O–H groups in total. The molecule has 2 aromatic rings. The molecule has 8 heteroatoms. The predicted octanol–water partition coefficient (Wildman–Crippen LogP) is 1.44. The quantitative estimate of drug-likeness (QED) is 0.824. The first-order chi connectivity index (χ1) is 9.77. The second-order valence-electron chi connectivity index (χ2n) is 4.23. The normalized spacial score (nSPS) is 19.1. The van der Waals surface area contributed by atoms with Crippen molar-refractivity contribution >= 4 is 21.8 Å². The van der Waals surface area contributed by atoms with E-state index < -0.39 is 0 Å². The van der Waals surface area contributed by atoms with Crippen LogP contribution < -0.4 is 0 Å². The molecule has 1 saturated heterocycles. The lowest BCUT2D eigenvalue weighted by Gasteiger charge is -2.33. The zero-order valence-corrected chi connectivity index (χ0v) is 12.0. The highest BCUT2D eigenvalue weighted by Crippen LogP contribution is 2.25. The molecular weight excluding hydrogens is 328 g/mol. The fourth-order valence-electron chi connectivity index (χ4n) is 2.09. The molecule has 1 atom stereocenters. The Morgan fingerprint density at radius 1 is 1.50 bits per heavy atom. The number of hydrogen-bond acceptors (Lipinski definition) is 6. The fraction of sp³-hybridized carbons (Fsp3) is 0.333. The summed E-state index contributed by atoms with van der Waals surface area (Å²) in [6.45, 7) is 1.32. The summed E-state index contributed by atoms with van der Waals surface area (Å²) in [4.78, 5) is 22.3. The summed E-state index contributed by atoms with van der Waals surface area (Å²) in [6, 6.07) is 1.34. The minimum absolute atomic E-state index is 0.114. The molecule has 7 nitrogen and oxygen atoms in total. The molecule has 3 heterocycles. The summed E-state index contributed by atoms with van der Waals surface area (Å²) < 4.78 is 10.8. The molecule has 1 fully saturated rings. The summed E-state index contributed by atoms with van der Waals surface area (Å²) in [5.41, 5.74) is 0.551. The predicted molar refractivity (Wildman–Crippen MR) is 70.8 cm³/mol. The molecule has 1 aliphatic rings. The Morgan fingerprint density at radius 3 is 3.15 bits per heavy atom. The number of carbonyl (C=O) groups excluding carboxylic acids is 1. The Morgan fingerprint density at radius 2 is 2.40 bits per heavy atom. The smallest absolute Gasteiger partial charge is 0.255 e. The summed E-state index contributed by atoms with van der Waals surface area (Å²) in [5, 5.41) is 3.80. The molecule has 0 aromatic carbocycles. The van der Waals surface area contributed by atoms with Crippen LogP contribution in [-0.4, -0.2) is 45.7 Å². The Kier molecular flexibility index (Phi) is 3.75. The molecule has 1 aliphatic heterocycles. The van der Waals surface area contributed by atoms with E-state index in [-0.39, 0.29) is 11.9 Å². The van der Waals surface area contributed by atoms with E-state index in [1.54, 1.807) is 23.4 Å². The van der Waals surface area contributed by atoms with Crippen LogP contribution in [0.15, 0.2) is 33.8 Å². The van der Waals surface area contributed by atoms with Crippen molar-refractivity contribution in [2.24, 2.45) is 0 Å². The molecule has 0 aliphatic carbocycles. The van der Waals surface area contributed by atoms with E-state index in [1.165, 1.54) is 6.39 Å². The maximum Gasteiger partial charge on any atom is 0.255 e. The molecule has 2 aromatic heterocycles. The Bertz CT molecular complexity index is 605. The van der Waals surface area contributed by atoms with Crippen molar-refractivity contribution < 1.29 is 14.1 Å². The maximum atomic E-state index is 12.7. The first-order valence-corrected chi connectivity index (χ1v) is 6.81. The zero-order valence-electron chi connectivity index (χ0n) is 10.4. The average Bonchev–Trinajstić information content (AvgIpc) is 3.01. The lowest BCUT2D eigenvalue weighted by atomic mass is 10.1. The number of halogens is 1. The van der Waals surface area contributed by atoms with Crippen LogP contribution in [0.4, 0.5) is 0 Å². The third-order valence-corrected chi connectivity index (χ3v) is 3.70. The third kappa shape index (κ3) is 2.44. The van der Waals surface area contributed by atoms with Crippen LogP contribution in [0.3, 0.4) is 0 Å². The first kappa shape index (κ1) is 13.2. The number of aromatic nitrogens is 3. The van der Waals surface area contributed by atoms with E-state index in [2.05, 4.69) is 31.1 Å². The van der Waals surface area contributed by atoms with Gasteiger partial charge in [0.15, 0.2) is 5.82 Å². The van der Waals surface area contributed by atoms with E-state index >= 15 is 0 Å². The van der Waals surface area contributed by atoms with Gasteiger partial charge >= 0.3 is 0 Å². The molecule has 0 radical (unpaired) electrons. The monoisotopic (exact) mass is 338 g/mol. The van der Waals surface area contributed by atoms with Crippen LogP contribution in [0.25, 0.3) is 0 Å². The highest BCUT2D eigenvalue weighted by molar-refractivity contribution is 9.10. The molecule has 104 valence electrons. The van der Waals surface area contributed by atoms with Crippen molar-refractivity contribution in [1.29, 1.82) is 0 Å². The van der Waals surface area contributed by atoms with Gasteiger partial charge < -0.3 is 14.2 Å². The highest BCUT2D eigenvalue weighted by Gasteiger charge is 2.32. The summed E-state index contributed by atoms with van der Waals surface area (Å²) in [7, 11) is 0. The number of hydrogen-bond donors (Lipinski definition) is 0. The number of morpholine rings is 1. The lowest BCUT2D eigenvalue weighted by Crippen LogP contribution is -2.44. The molecule has 0 bridgehead atoms. The van der Waals surface area contributed by atoms with Gasteiger partial charge in [-0.2, -0.15) is 4.98 Å². The van der Waals surface area contributed by atoms with E-state index in [0.717, 1.165) is 0 Å². The van der Waals surface area contributed by atoms with Gasteiger partial charge in [0.05, 0.1) is 18.8 Å². The van der Waals surface area contributed by atoms with Crippen LogP contribution in [0.2, 0.25) is 0 Å². The van der Waals surface area contributed by atoms with Crippen molar-refractivity contribution in [3.05, 3.63) is 40.7 Å². The van der Waals surface area contributed by atoms with Crippen LogP contribution in [0, 0.1) is 0 Å². The second-order valence-corrected chi connectivity index (χ2v) is 5.09. The van der Waals surface area contributed by atoms with Gasteiger partial charge in [-0.25, -0.2) is 0 Å². The zero-order chi connectivity index (χ0) is 13.9. The van der Waals surface area contributed by atoms with Crippen LogP contribution >= 0.6 is 15.9 Å². The van der Waals surface area contributed by atoms with Gasteiger partial charge in [-0.1, -0.05) is 5.16 Å². The van der Waals surface area contributed by atoms with E-state index in [1.807, 2.05) is 0 Å². The van der Waals surface area contributed by atoms with Crippen LogP contribution in [0.1, 0.15) is 22.2 Å². The minimum atomic E-state index is -0.338. The Hall–Kier alpha value is -1.80. The summed E-state index contributed by atoms with van der Waals surface area (Å²) >= 11 is 3.34. The average molecular weight is 339 g/mol. The molecule has 1 unspecified atom stereocenters. The number of nitrogens with zero attached hydrogens (tertiary/aromatic N) is 4. The first-order valence-electron chi connectivity index (χ1n) is 6.02. The van der Waals surface area contributed by atoms with E-state index in [9.17, 15) is 4.79 Å². The highest BCUT2D eigenvalue weighted by atomic mass is 79.9. The Labute approximate surface area is 123 Å². The third-order valence-electron chi connectivity index (χ3n) is 3.07. The lowest BCUT2D eigenvalue weighted by molar-refractivity contribution is -0.00582. The van der Waals surface area contributed by atoms with Crippen molar-refractivity contribution in [2.45, 2.75) is 6.04 Å². The van der Waals surface area contributed by atoms with Gasteiger partial charge in [0.2, 0.25) is 6.39 Å². The van der Waals surface area contributed by atoms with Gasteiger partial charge in [0, 0.05) is 23.4 Å². The fourth-order valence-corrected chi connectivity index (χ4v) is 2.51. The topological polar surface area (TPSA) is 81.4 Å². The number of carbonyl (C=O) groups is 1. The standard InChI is InChI=1S/C12H11BrN4O3/c13-9-5-14-2-1-8(9)12(18)17-3-4-19-6-10(17)11-15-7-20-16-11/h1-2,5,7,10H,3-4,6H2. The van der Waals surface area contributed by atoms with Gasteiger partial charge in [-0.3, -0.25) is 9.78 Å². The summed E-state index contributed by atoms with van der Waals surface area (Å²) in [6.07, 6.45) is 4.42. The molecule has 0 saturated carbocycles. The summed E-state index contributed by atoms with van der Waals surface area (Å²) in [5.74, 6) is 0.334. The number of ether oxygens (including phenoxy) is 1. The van der Waals surface area contributed by atoms with E-state index in [4.69, 9.17) is 9.26 Å². The van der Waals surface area contributed by atoms with Gasteiger partial charge in [0.25, 0.3) is 5.91 Å². The molecule has 20 heavy (non-hydrogen) atoms. The van der Waals surface area contributed by atoms with Crippen molar-refractivity contribution in [1.82, 2.24) is 20.0 Å². The van der Waals surface area contributed by atoms with Gasteiger partial charge in [-0.05, 0) is 22.0 Å². The minimum Gasteiger partial charge on any atom is -0.377 e. The molecule has 0 spiro atoms. The Balaban J connectivity index is 1.90. The van der Waals surface area contributed by atoms with Gasteiger partial charge in [-0.15, -0.1) is 0 Å². The maximum absolute atomic E-state index is 12.7. The molecule has 1 amide bonds. The largest absolute Gasteiger partial charge is 0.377 e. The van der Waals surface area contributed by atoms with Crippen LogP contribution in [-0.2, 0) is 4.74 Å². The number of amides is 1. The molecule has 3 rings (SSSR count). The SMILES string of the molecule is O=C(c1ccncc1Br)N1CCOCC1c1ncon1. The van der Waals surface area contributed by atoms with Crippen molar-refractivity contribution in [3.63, 3.8) is 0 Å². The van der Waals surface area contributed by atoms with Gasteiger partial charge in [0.1, 0.15) is 6.04 Å². The van der Waals surface area contributed by atoms with Crippen molar-refractivity contribution in [2.75, 3.05) is 19.8 Å². The second kappa shape index (κ2) is 5.68.